The van der Waals surface area contributed by atoms with Crippen molar-refractivity contribution in [3.63, 3.8) is 0 Å². The lowest BCUT2D eigenvalue weighted by molar-refractivity contribution is -0.390. The van der Waals surface area contributed by atoms with Gasteiger partial charge in [-0.05, 0) is 132 Å². The molecule has 0 unspecified atom stereocenters. The maximum atomic E-state index is 16.7. The Kier molecular flexibility index (Phi) is 32.0. The van der Waals surface area contributed by atoms with E-state index in [-0.39, 0.29) is 43.1 Å². The summed E-state index contributed by atoms with van der Waals surface area (Å²) in [5.74, 6) is -3.50. The number of ether oxygens (including phenoxy) is 17. The number of carbonyl (C=O) groups is 2. The van der Waals surface area contributed by atoms with E-state index in [2.05, 4.69) is 33.4 Å². The van der Waals surface area contributed by atoms with Gasteiger partial charge in [-0.2, -0.15) is 0 Å². The summed E-state index contributed by atoms with van der Waals surface area (Å²) >= 11 is 0. The molecular weight excluding hydrogens is 1730 g/mol. The van der Waals surface area contributed by atoms with Crippen molar-refractivity contribution in [2.45, 2.75) is 411 Å². The van der Waals surface area contributed by atoms with Gasteiger partial charge >= 0.3 is 11.9 Å². The van der Waals surface area contributed by atoms with E-state index >= 15 is 4.79 Å². The Hall–Kier alpha value is -3.40. The molecule has 43 heteroatoms. The van der Waals surface area contributed by atoms with Crippen LogP contribution in [-0.4, -0.2) is 431 Å². The molecule has 12 fully saturated rings. The molecular formula is C87H140O43. The van der Waals surface area contributed by atoms with E-state index in [0.717, 1.165) is 5.57 Å². The highest BCUT2D eigenvalue weighted by molar-refractivity contribution is 5.88. The molecule has 0 spiro atoms. The van der Waals surface area contributed by atoms with Crippen LogP contribution in [0, 0.1) is 50.2 Å². The van der Waals surface area contributed by atoms with Crippen LogP contribution >= 0.6 is 0 Å². The highest BCUT2D eigenvalue weighted by Gasteiger charge is 2.74. The first-order chi connectivity index (χ1) is 60.9. The number of aliphatic hydroxyl groups excluding tert-OH is 24. The highest BCUT2D eigenvalue weighted by atomic mass is 16.8. The van der Waals surface area contributed by atoms with Gasteiger partial charge in [0, 0.05) is 17.4 Å². The highest BCUT2D eigenvalue weighted by Crippen LogP contribution is 2.76. The van der Waals surface area contributed by atoms with E-state index in [1.807, 2.05) is 27.7 Å². The van der Waals surface area contributed by atoms with Gasteiger partial charge in [0.25, 0.3) is 0 Å². The zero-order valence-electron chi connectivity index (χ0n) is 75.0. The Bertz CT molecular complexity index is 3880. The van der Waals surface area contributed by atoms with Crippen molar-refractivity contribution < 1.29 is 213 Å². The van der Waals surface area contributed by atoms with Gasteiger partial charge in [-0.15, -0.1) is 6.58 Å². The molecule has 0 aromatic carbocycles. The van der Waals surface area contributed by atoms with Crippen LogP contribution < -0.4 is 0 Å². The number of hydrogen-bond donors (Lipinski definition) is 24. The number of allylic oxidation sites excluding steroid dienone is 3. The van der Waals surface area contributed by atoms with Crippen LogP contribution in [0.15, 0.2) is 36.0 Å². The van der Waals surface area contributed by atoms with Gasteiger partial charge in [0.05, 0.1) is 69.2 Å². The largest absolute Gasteiger partial charge is 0.458 e. The summed E-state index contributed by atoms with van der Waals surface area (Å²) < 4.78 is 104. The second-order valence-electron chi connectivity index (χ2n) is 40.5. The van der Waals surface area contributed by atoms with Crippen molar-refractivity contribution in [2.75, 3.05) is 33.0 Å². The van der Waals surface area contributed by atoms with E-state index in [1.165, 1.54) is 33.8 Å². The molecule has 746 valence electrons. The molecule has 0 aromatic rings. The molecule has 0 aromatic heterocycles. The summed E-state index contributed by atoms with van der Waals surface area (Å²) in [6.45, 7) is 21.3. The summed E-state index contributed by atoms with van der Waals surface area (Å²) in [6, 6.07) is 0. The van der Waals surface area contributed by atoms with Gasteiger partial charge in [0.1, 0.15) is 176 Å². The Labute approximate surface area is 751 Å². The lowest BCUT2D eigenvalue weighted by Gasteiger charge is -2.72. The third-order valence-electron chi connectivity index (χ3n) is 31.8. The molecule has 43 nitrogen and oxygen atoms in total. The minimum Gasteiger partial charge on any atom is -0.458 e. The zero-order valence-corrected chi connectivity index (χ0v) is 75.0. The number of aliphatic hydroxyl groups is 24. The smallest absolute Gasteiger partial charge is 0.333 e. The molecule has 0 amide bonds. The lowest BCUT2D eigenvalue weighted by atomic mass is 9.33. The Morgan fingerprint density at radius 1 is 0.454 bits per heavy atom. The molecule has 8 aliphatic heterocycles. The average Bonchev–Trinajstić information content (AvgIpc) is 0.762. The predicted molar refractivity (Wildman–Crippen MR) is 434 cm³/mol. The number of hydrogen-bond acceptors (Lipinski definition) is 43. The van der Waals surface area contributed by atoms with E-state index < -0.39 is 353 Å². The van der Waals surface area contributed by atoms with Crippen molar-refractivity contribution in [3.8, 4) is 0 Å². The van der Waals surface area contributed by atoms with Crippen LogP contribution in [0.4, 0.5) is 0 Å². The van der Waals surface area contributed by atoms with Crippen LogP contribution in [0.2, 0.25) is 0 Å². The molecule has 0 radical (unpaired) electrons. The van der Waals surface area contributed by atoms with E-state index in [9.17, 15) is 127 Å². The summed E-state index contributed by atoms with van der Waals surface area (Å²) in [5.41, 5.74) is -6.86. The van der Waals surface area contributed by atoms with Gasteiger partial charge in [-0.1, -0.05) is 72.3 Å². The SMILES string of the molecule is C=C[C@](C)(CC/C=C(\C)C(=O)O[C@H]1C[C@]2(C(=O)O[C@@H]3O[C@H](CO)[C@@H](O)[C@H](O)[C@H]3O[C@@H]3O[C@@H](C)[C@H](O[C@@H]4O[C@@H](CO)[C@H](O)[C@H]4O)[C@@H](O[C@@H]4O[C@H](CO)[C@@H](O)[C@H](O)[C@H]4O)[C@H]3O)[C@H](O)C[C@]3(C)C(=CC[C@@H]4[C@@]5(C)CC[C@H](O[C@@H]6O[C@H](CO[C@@H]7O[C@H](C)[C@H](O)[C@H](O)[C@H]7O)[C@@H](O)[C@H](O)[C@H]6O[C@@H]6O[C@H](CO)[C@@H](O)[C@H](O)[C@H]6O)C(C)(C)[C@@H]5CC[C@]43C)[C@@H]2CC1(C)C)O[C@@H]1O[C@H](C)[C@@H](O)[C@H](O)[C@H]1O. The Balaban J connectivity index is 0.813. The topological polar surface area (TPSA) is 677 Å². The average molecular weight is 1870 g/mol. The molecule has 4 saturated carbocycles. The molecule has 8 heterocycles. The van der Waals surface area contributed by atoms with Crippen LogP contribution in [0.25, 0.3) is 0 Å². The van der Waals surface area contributed by atoms with Gasteiger partial charge in [0.15, 0.2) is 50.1 Å². The molecule has 13 rings (SSSR count). The molecule has 130 heavy (non-hydrogen) atoms. The first kappa shape index (κ1) is 104. The van der Waals surface area contributed by atoms with Crippen molar-refractivity contribution in [1.29, 1.82) is 0 Å². The number of esters is 2. The van der Waals surface area contributed by atoms with Crippen molar-refractivity contribution in [3.05, 3.63) is 36.0 Å². The summed E-state index contributed by atoms with van der Waals surface area (Å²) in [6.07, 6.45) is -65.6. The monoisotopic (exact) mass is 1870 g/mol. The summed E-state index contributed by atoms with van der Waals surface area (Å²) in [5, 5.41) is 267. The van der Waals surface area contributed by atoms with E-state index in [1.54, 1.807) is 13.0 Å². The maximum Gasteiger partial charge on any atom is 0.333 e. The van der Waals surface area contributed by atoms with Gasteiger partial charge < -0.3 is 203 Å². The first-order valence-electron chi connectivity index (χ1n) is 45.2. The van der Waals surface area contributed by atoms with E-state index in [0.29, 0.717) is 32.1 Å². The molecule has 50 atom stereocenters. The predicted octanol–water partition coefficient (Wildman–Crippen LogP) is -6.86. The third-order valence-corrected chi connectivity index (χ3v) is 31.8. The fourth-order valence-electron chi connectivity index (χ4n) is 23.3. The lowest BCUT2D eigenvalue weighted by Crippen LogP contribution is -2.70. The third kappa shape index (κ3) is 18.9. The fourth-order valence-corrected chi connectivity index (χ4v) is 23.3. The van der Waals surface area contributed by atoms with E-state index in [4.69, 9.17) is 80.5 Å². The number of carbonyl (C=O) groups excluding carboxylic acids is 2. The van der Waals surface area contributed by atoms with Crippen LogP contribution in [0.1, 0.15) is 147 Å². The summed E-state index contributed by atoms with van der Waals surface area (Å²) in [7, 11) is 0. The van der Waals surface area contributed by atoms with Gasteiger partial charge in [-0.25, -0.2) is 4.79 Å². The Morgan fingerprint density at radius 3 is 1.45 bits per heavy atom. The molecule has 5 aliphatic carbocycles. The minimum absolute atomic E-state index is 0.00190. The second kappa shape index (κ2) is 40.1. The fraction of sp³-hybridized carbons (Fsp3) is 0.908. The van der Waals surface area contributed by atoms with Crippen molar-refractivity contribution in [2.24, 2.45) is 50.2 Å². The first-order valence-corrected chi connectivity index (χ1v) is 45.2. The summed E-state index contributed by atoms with van der Waals surface area (Å²) in [4.78, 5) is 31.6. The van der Waals surface area contributed by atoms with Crippen LogP contribution in [0.5, 0.6) is 0 Å². The minimum atomic E-state index is -2.27. The standard InChI is InChI=1S/C87H140O43/c1-14-83(10,130-77-65(110)56(101)49(94)34(4)116-77)21-15-16-32(2)71(112)123-47-26-87(80(113)129-79-70(59(104)52(97)40(29-90)121-79)128-76-66(111)68(126-74-63(108)57(102)50(95)38(27-88)118-74)67(35(5)117-76)125-73-61(106)53(98)41(30-91)120-73)37(24-81(47,6)7)36-17-18-44-84(11)22-20-46(82(8,9)43(84)19-23-85(44,12)86(36,13)25-45(87)92)124-78-69(127-75-64(109)58(103)51(96)39(28-89)119-75)60(105)54(99)42(122-78)31-114-72-62(107)55(100)48(93)33(3)115-72/h14,16-17,33-35,37-70,72-79,88-111H,1,15,18-31H2,2-13H3/b32-16+/t33-,34-,35+,37+,38-,39-,40-,41+,42-,43+,44-,45-,46+,47+,48+,49-,50-,51-,52-,53+,54-,55+,56+,57+,58+,59+,60+,61-,62-,63-,64-,65-,66-,67+,68+,69-,70-,72-,73+,74+,75+,76+,77+,78+,79+,83-,84+,85-,86-,87-/m1/s1. The molecule has 8 saturated heterocycles. The molecule has 0 bridgehead atoms. The zero-order chi connectivity index (χ0) is 95.5. The number of rotatable bonds is 27. The molecule has 24 N–H and O–H groups in total. The second-order valence-corrected chi connectivity index (χ2v) is 40.5. The van der Waals surface area contributed by atoms with Crippen molar-refractivity contribution >= 4 is 11.9 Å². The van der Waals surface area contributed by atoms with Gasteiger partial charge in [0.2, 0.25) is 6.29 Å². The number of fused-ring (bicyclic) bond motifs is 7. The normalized spacial score (nSPS) is 51.9. The van der Waals surface area contributed by atoms with Crippen LogP contribution in [0.3, 0.4) is 0 Å². The maximum absolute atomic E-state index is 16.7. The van der Waals surface area contributed by atoms with Crippen LogP contribution in [-0.2, 0) is 90.1 Å². The quantitative estimate of drug-likeness (QED) is 0.0157. The van der Waals surface area contributed by atoms with Crippen molar-refractivity contribution in [1.82, 2.24) is 0 Å². The molecule has 13 aliphatic rings. The van der Waals surface area contributed by atoms with Gasteiger partial charge in [-0.3, -0.25) is 4.79 Å². The Morgan fingerprint density at radius 2 is 0.900 bits per heavy atom.